The molecule has 1 saturated heterocycles. The molecule has 12 heteroatoms. The predicted octanol–water partition coefficient (Wildman–Crippen LogP) is 2.33. The van der Waals surface area contributed by atoms with Crippen LogP contribution in [-0.4, -0.2) is 67.6 Å². The zero-order chi connectivity index (χ0) is 24.9. The highest BCUT2D eigenvalue weighted by Gasteiger charge is 2.32. The molecule has 1 heterocycles. The number of nitro benzene ring substituents is 1. The molecule has 0 saturated carbocycles. The van der Waals surface area contributed by atoms with Crippen molar-refractivity contribution in [2.45, 2.75) is 30.7 Å². The molecular formula is C22H28N4O7S. The Bertz CT molecular complexity index is 1170. The lowest BCUT2D eigenvalue weighted by atomic mass is 9.95. The summed E-state index contributed by atoms with van der Waals surface area (Å²) in [6.07, 6.45) is 0.780. The van der Waals surface area contributed by atoms with Gasteiger partial charge in [0, 0.05) is 43.0 Å². The second kappa shape index (κ2) is 10.4. The number of amides is 1. The van der Waals surface area contributed by atoms with E-state index in [9.17, 15) is 28.4 Å². The lowest BCUT2D eigenvalue weighted by Crippen LogP contribution is -2.56. The van der Waals surface area contributed by atoms with Crippen molar-refractivity contribution in [2.24, 2.45) is 0 Å². The third-order valence-electron chi connectivity index (χ3n) is 6.00. The molecule has 0 spiro atoms. The average Bonchev–Trinajstić information content (AvgIpc) is 2.84. The molecule has 0 aromatic heterocycles. The summed E-state index contributed by atoms with van der Waals surface area (Å²) in [5.41, 5.74) is -0.746. The van der Waals surface area contributed by atoms with Gasteiger partial charge in [0.2, 0.25) is 0 Å². The summed E-state index contributed by atoms with van der Waals surface area (Å²) >= 11 is 0. The van der Waals surface area contributed by atoms with Crippen LogP contribution >= 0.6 is 0 Å². The number of ether oxygens (including phenoxy) is 1. The van der Waals surface area contributed by atoms with Crippen LogP contribution in [0.25, 0.3) is 0 Å². The molecule has 1 atom stereocenters. The van der Waals surface area contributed by atoms with Crippen LogP contribution < -0.4 is 10.0 Å². The predicted molar refractivity (Wildman–Crippen MR) is 125 cm³/mol. The number of hydrogen-bond acceptors (Lipinski definition) is 8. The van der Waals surface area contributed by atoms with Crippen molar-refractivity contribution in [3.63, 3.8) is 0 Å². The molecule has 0 aliphatic carbocycles. The molecule has 3 rings (SSSR count). The van der Waals surface area contributed by atoms with E-state index in [2.05, 4.69) is 14.9 Å². The van der Waals surface area contributed by atoms with Crippen molar-refractivity contribution < 1.29 is 28.0 Å². The number of sulfonamides is 1. The first-order valence-electron chi connectivity index (χ1n) is 10.8. The fourth-order valence-electron chi connectivity index (χ4n) is 3.69. The highest BCUT2D eigenvalue weighted by atomic mass is 32.2. The minimum Gasteiger partial charge on any atom is -0.507 e. The van der Waals surface area contributed by atoms with Crippen LogP contribution in [0.3, 0.4) is 0 Å². The molecular weight excluding hydrogens is 464 g/mol. The number of aromatic hydroxyl groups is 1. The van der Waals surface area contributed by atoms with Crippen LogP contribution in [0.2, 0.25) is 0 Å². The molecule has 1 aliphatic heterocycles. The van der Waals surface area contributed by atoms with Crippen LogP contribution in [0.5, 0.6) is 5.75 Å². The van der Waals surface area contributed by atoms with E-state index < -0.39 is 20.9 Å². The minimum absolute atomic E-state index is 0.0286. The normalized spacial score (nSPS) is 16.4. The molecule has 11 nitrogen and oxygen atoms in total. The largest absolute Gasteiger partial charge is 0.507 e. The Balaban J connectivity index is 1.76. The number of nitro groups is 1. The maximum absolute atomic E-state index is 12.9. The van der Waals surface area contributed by atoms with E-state index in [0.717, 1.165) is 25.6 Å². The number of nitrogens with one attached hydrogen (secondary N) is 2. The van der Waals surface area contributed by atoms with E-state index in [4.69, 9.17) is 4.74 Å². The molecule has 0 radical (unpaired) electrons. The summed E-state index contributed by atoms with van der Waals surface area (Å²) in [5.74, 6) is -0.859. The molecule has 2 aromatic carbocycles. The van der Waals surface area contributed by atoms with Gasteiger partial charge in [-0.2, -0.15) is 0 Å². The number of anilines is 1. The SMILES string of the molecule is CC[C@](C)(CNC(=O)c1cc(NS(=O)(=O)c2cccc([N+](=O)[O-])c2)ccc1O)N1CCOCC1. The number of carbonyl (C=O) groups is 1. The summed E-state index contributed by atoms with van der Waals surface area (Å²) in [7, 11) is -4.16. The van der Waals surface area contributed by atoms with Crippen molar-refractivity contribution in [3.8, 4) is 5.75 Å². The van der Waals surface area contributed by atoms with Gasteiger partial charge < -0.3 is 15.2 Å². The molecule has 34 heavy (non-hydrogen) atoms. The highest BCUT2D eigenvalue weighted by Crippen LogP contribution is 2.26. The first-order chi connectivity index (χ1) is 16.1. The van der Waals surface area contributed by atoms with Crippen LogP contribution in [0.15, 0.2) is 47.4 Å². The van der Waals surface area contributed by atoms with E-state index in [1.54, 1.807) is 0 Å². The summed E-state index contributed by atoms with van der Waals surface area (Å²) in [5, 5.41) is 24.0. The number of phenolic OH excluding ortho intramolecular Hbond substituents is 1. The molecule has 1 amide bonds. The van der Waals surface area contributed by atoms with Gasteiger partial charge in [0.05, 0.1) is 28.6 Å². The van der Waals surface area contributed by atoms with Crippen molar-refractivity contribution in [3.05, 3.63) is 58.1 Å². The van der Waals surface area contributed by atoms with Gasteiger partial charge in [-0.15, -0.1) is 0 Å². The van der Waals surface area contributed by atoms with Gasteiger partial charge in [0.1, 0.15) is 5.75 Å². The maximum Gasteiger partial charge on any atom is 0.270 e. The maximum atomic E-state index is 12.9. The van der Waals surface area contributed by atoms with E-state index in [1.165, 1.54) is 36.4 Å². The number of hydrogen-bond donors (Lipinski definition) is 3. The smallest absolute Gasteiger partial charge is 0.270 e. The van der Waals surface area contributed by atoms with Crippen molar-refractivity contribution in [2.75, 3.05) is 37.6 Å². The van der Waals surface area contributed by atoms with Gasteiger partial charge in [-0.3, -0.25) is 24.5 Å². The van der Waals surface area contributed by atoms with Gasteiger partial charge in [-0.05, 0) is 37.6 Å². The molecule has 2 aromatic rings. The summed E-state index contributed by atoms with van der Waals surface area (Å²) in [6.45, 7) is 7.14. The van der Waals surface area contributed by atoms with E-state index in [1.807, 2.05) is 13.8 Å². The molecule has 3 N–H and O–H groups in total. The van der Waals surface area contributed by atoms with Crippen LogP contribution in [0.1, 0.15) is 30.6 Å². The second-order valence-electron chi connectivity index (χ2n) is 8.22. The molecule has 0 unspecified atom stereocenters. The van der Waals surface area contributed by atoms with Crippen LogP contribution in [-0.2, 0) is 14.8 Å². The minimum atomic E-state index is -4.16. The zero-order valence-electron chi connectivity index (χ0n) is 19.0. The Kier molecular flexibility index (Phi) is 7.75. The number of morpholine rings is 1. The van der Waals surface area contributed by atoms with Gasteiger partial charge in [0.15, 0.2) is 0 Å². The quantitative estimate of drug-likeness (QED) is 0.274. The fourth-order valence-corrected chi connectivity index (χ4v) is 4.78. The standard InChI is InChI=1S/C22H28N4O7S/c1-3-22(2,25-9-11-33-12-10-25)15-23-21(28)19-13-16(7-8-20(19)27)24-34(31,32)18-6-4-5-17(14-18)26(29)30/h4-8,13-14,24,27H,3,9-12,15H2,1-2H3,(H,23,28)/t22-/m1/s1. The fraction of sp³-hybridized carbons (Fsp3) is 0.409. The monoisotopic (exact) mass is 492 g/mol. The number of benzene rings is 2. The lowest BCUT2D eigenvalue weighted by Gasteiger charge is -2.43. The van der Waals surface area contributed by atoms with E-state index in [0.29, 0.717) is 19.8 Å². The Labute approximate surface area is 197 Å². The third-order valence-corrected chi connectivity index (χ3v) is 7.38. The van der Waals surface area contributed by atoms with Gasteiger partial charge >= 0.3 is 0 Å². The number of carbonyl (C=O) groups excluding carboxylic acids is 1. The Morgan fingerprint density at radius 2 is 1.94 bits per heavy atom. The number of phenols is 1. The third kappa shape index (κ3) is 5.82. The van der Waals surface area contributed by atoms with Gasteiger partial charge in [-0.1, -0.05) is 13.0 Å². The lowest BCUT2D eigenvalue weighted by molar-refractivity contribution is -0.385. The van der Waals surface area contributed by atoms with Crippen molar-refractivity contribution in [1.82, 2.24) is 10.2 Å². The molecule has 184 valence electrons. The second-order valence-corrected chi connectivity index (χ2v) is 9.91. The van der Waals surface area contributed by atoms with Crippen LogP contribution in [0.4, 0.5) is 11.4 Å². The number of rotatable bonds is 9. The summed E-state index contributed by atoms with van der Waals surface area (Å²) in [6, 6.07) is 8.34. The van der Waals surface area contributed by atoms with Crippen LogP contribution in [0, 0.1) is 10.1 Å². The molecule has 0 bridgehead atoms. The topological polar surface area (TPSA) is 151 Å². The van der Waals surface area contributed by atoms with E-state index >= 15 is 0 Å². The Morgan fingerprint density at radius 3 is 2.59 bits per heavy atom. The first kappa shape index (κ1) is 25.4. The molecule has 1 fully saturated rings. The first-order valence-corrected chi connectivity index (χ1v) is 12.3. The number of non-ortho nitro benzene ring substituents is 1. The van der Waals surface area contributed by atoms with Gasteiger partial charge in [0.25, 0.3) is 21.6 Å². The molecule has 1 aliphatic rings. The number of nitrogens with zero attached hydrogens (tertiary/aromatic N) is 2. The van der Waals surface area contributed by atoms with E-state index in [-0.39, 0.29) is 33.1 Å². The Hall–Kier alpha value is -3.22. The van der Waals surface area contributed by atoms with Gasteiger partial charge in [-0.25, -0.2) is 8.42 Å². The zero-order valence-corrected chi connectivity index (χ0v) is 19.8. The average molecular weight is 493 g/mol. The highest BCUT2D eigenvalue weighted by molar-refractivity contribution is 7.92. The van der Waals surface area contributed by atoms with Crippen molar-refractivity contribution in [1.29, 1.82) is 0 Å². The Morgan fingerprint density at radius 1 is 1.24 bits per heavy atom. The summed E-state index contributed by atoms with van der Waals surface area (Å²) in [4.78, 5) is 25.1. The summed E-state index contributed by atoms with van der Waals surface area (Å²) < 4.78 is 33.1. The van der Waals surface area contributed by atoms with Crippen molar-refractivity contribution >= 4 is 27.3 Å².